The Hall–Kier alpha value is -3.01. The van der Waals surface area contributed by atoms with Gasteiger partial charge in [0.05, 0.1) is 27.5 Å². The molecule has 39 heavy (non-hydrogen) atoms. The van der Waals surface area contributed by atoms with Crippen LogP contribution in [0.15, 0.2) is 46.1 Å². The molecule has 0 spiro atoms. The SMILES string of the molecule is [2H]C([2H])(O[P@@](=O)(C[C@@H](C)C(=O)OC(C)C)Oc1ccccc1)[C@H]1O[C@@H](n2ncc(=O)[nH]c2=O)C(Cl)(C#CCF)[C@H]1O. The smallest absolute Gasteiger partial charge is 0.380 e. The van der Waals surface area contributed by atoms with Gasteiger partial charge >= 0.3 is 19.3 Å². The van der Waals surface area contributed by atoms with Gasteiger partial charge in [0.25, 0.3) is 5.56 Å². The van der Waals surface area contributed by atoms with E-state index >= 15 is 0 Å². The molecule has 212 valence electrons. The normalized spacial score (nSPS) is 26.0. The number of rotatable bonds is 10. The van der Waals surface area contributed by atoms with Gasteiger partial charge in [-0.15, -0.1) is 0 Å². The van der Waals surface area contributed by atoms with Crippen LogP contribution in [0.2, 0.25) is 0 Å². The fourth-order valence-electron chi connectivity index (χ4n) is 3.47. The molecule has 0 aliphatic carbocycles. The Morgan fingerprint density at radius 2 is 2.08 bits per heavy atom. The van der Waals surface area contributed by atoms with Gasteiger partial charge in [-0.25, -0.2) is 13.8 Å². The molecule has 1 aliphatic heterocycles. The van der Waals surface area contributed by atoms with E-state index in [4.69, 9.17) is 32.9 Å². The van der Waals surface area contributed by atoms with Crippen LogP contribution in [0.25, 0.3) is 0 Å². The van der Waals surface area contributed by atoms with Crippen molar-refractivity contribution >= 4 is 25.2 Å². The molecule has 0 amide bonds. The van der Waals surface area contributed by atoms with Crippen LogP contribution in [0.1, 0.15) is 29.7 Å². The van der Waals surface area contributed by atoms with Crippen LogP contribution >= 0.6 is 19.2 Å². The number of carbonyl (C=O) groups is 1. The Kier molecular flexibility index (Phi) is 9.11. The van der Waals surface area contributed by atoms with E-state index in [9.17, 15) is 28.4 Å². The molecule has 1 fully saturated rings. The number of aromatic amines is 1. The summed E-state index contributed by atoms with van der Waals surface area (Å²) >= 11 is 6.50. The Bertz CT molecular complexity index is 1470. The van der Waals surface area contributed by atoms with Crippen molar-refractivity contribution in [2.45, 2.75) is 50.2 Å². The zero-order valence-corrected chi connectivity index (χ0v) is 22.7. The molecule has 15 heteroatoms. The molecule has 0 radical (unpaired) electrons. The molecule has 1 aliphatic rings. The molecule has 12 nitrogen and oxygen atoms in total. The zero-order chi connectivity index (χ0) is 30.6. The second-order valence-corrected chi connectivity index (χ2v) is 11.3. The van der Waals surface area contributed by atoms with Crippen LogP contribution in [0.5, 0.6) is 5.75 Å². The molecule has 2 heterocycles. The molecule has 1 aromatic carbocycles. The molecule has 3 rings (SSSR count). The van der Waals surface area contributed by atoms with Crippen LogP contribution < -0.4 is 15.8 Å². The number of carbonyl (C=O) groups excluding carboxylic acids is 1. The Balaban J connectivity index is 2.01. The molecule has 0 saturated carbocycles. The summed E-state index contributed by atoms with van der Waals surface area (Å²) in [5, 5.41) is 14.7. The van der Waals surface area contributed by atoms with Crippen molar-refractivity contribution in [3.63, 3.8) is 0 Å². The largest absolute Gasteiger partial charge is 0.463 e. The third-order valence-electron chi connectivity index (χ3n) is 5.21. The average molecular weight is 590 g/mol. The topological polar surface area (TPSA) is 159 Å². The standard InChI is InChI=1S/C24H28ClFN3O9P/c1-15(2)36-21(32)16(3)14-39(34,38-17-8-5-4-6-9-17)35-13-18-20(31)24(25,10-7-11-26)22(37-18)29-23(33)28-19(30)12-27-29/h4-6,8-9,12,15-16,18,20,22,31H,11,13-14H2,1-3H3,(H,28,30,33)/t16-,18-,20+,22-,24?,39+/m1/s1/i13D2. The van der Waals surface area contributed by atoms with E-state index in [2.05, 4.69) is 11.0 Å². The lowest BCUT2D eigenvalue weighted by molar-refractivity contribution is -0.151. The summed E-state index contributed by atoms with van der Waals surface area (Å²) < 4.78 is 66.2. The minimum Gasteiger partial charge on any atom is -0.463 e. The van der Waals surface area contributed by atoms with E-state index in [0.29, 0.717) is 10.9 Å². The summed E-state index contributed by atoms with van der Waals surface area (Å²) in [5.74, 6) is 2.39. The maximum Gasteiger partial charge on any atom is 0.380 e. The number of benzene rings is 1. The molecule has 2 N–H and O–H groups in total. The number of aliphatic hydroxyl groups is 1. The highest BCUT2D eigenvalue weighted by molar-refractivity contribution is 7.54. The van der Waals surface area contributed by atoms with E-state index in [0.717, 1.165) is 0 Å². The van der Waals surface area contributed by atoms with Crippen molar-refractivity contribution in [2.24, 2.45) is 5.92 Å². The molecule has 2 aromatic rings. The number of H-pyrrole nitrogens is 1. The van der Waals surface area contributed by atoms with Crippen LogP contribution in [-0.2, 0) is 23.4 Å². The summed E-state index contributed by atoms with van der Waals surface area (Å²) in [6.07, 6.45) is -6.58. The van der Waals surface area contributed by atoms with Crippen molar-refractivity contribution in [3.05, 3.63) is 57.4 Å². The highest BCUT2D eigenvalue weighted by atomic mass is 35.5. The van der Waals surface area contributed by atoms with Gasteiger partial charge in [-0.3, -0.25) is 19.1 Å². The van der Waals surface area contributed by atoms with E-state index in [1.165, 1.54) is 19.1 Å². The first-order valence-electron chi connectivity index (χ1n) is 12.6. The highest BCUT2D eigenvalue weighted by Crippen LogP contribution is 2.51. The Labute approximate surface area is 230 Å². The first-order valence-corrected chi connectivity index (χ1v) is 13.7. The number of hydrogen-bond acceptors (Lipinski definition) is 10. The van der Waals surface area contributed by atoms with Gasteiger partial charge in [0.1, 0.15) is 30.8 Å². The number of nitrogens with one attached hydrogen (secondary N) is 1. The molecule has 1 aromatic heterocycles. The van der Waals surface area contributed by atoms with E-state index in [1.54, 1.807) is 32.0 Å². The number of aliphatic hydroxyl groups excluding tert-OH is 1. The number of aromatic nitrogens is 3. The third kappa shape index (κ3) is 7.56. The van der Waals surface area contributed by atoms with E-state index < -0.39 is 79.5 Å². The number of esters is 1. The Morgan fingerprint density at radius 1 is 1.38 bits per heavy atom. The van der Waals surface area contributed by atoms with Crippen molar-refractivity contribution in [1.29, 1.82) is 0 Å². The molecule has 6 atom stereocenters. The lowest BCUT2D eigenvalue weighted by Crippen LogP contribution is -2.45. The van der Waals surface area contributed by atoms with Gasteiger partial charge in [-0.05, 0) is 26.0 Å². The first-order chi connectivity index (χ1) is 19.1. The van der Waals surface area contributed by atoms with Crippen molar-refractivity contribution in [1.82, 2.24) is 14.8 Å². The van der Waals surface area contributed by atoms with Crippen LogP contribution in [0.4, 0.5) is 4.39 Å². The number of para-hydroxylation sites is 1. The quantitative estimate of drug-likeness (QED) is 0.182. The lowest BCUT2D eigenvalue weighted by atomic mass is 9.99. The molecular weight excluding hydrogens is 560 g/mol. The van der Waals surface area contributed by atoms with E-state index in [-0.39, 0.29) is 5.75 Å². The monoisotopic (exact) mass is 589 g/mol. The number of nitrogens with zero attached hydrogens (tertiary/aromatic N) is 2. The van der Waals surface area contributed by atoms with Gasteiger partial charge in [0.15, 0.2) is 11.1 Å². The van der Waals surface area contributed by atoms with Gasteiger partial charge in [0.2, 0.25) is 0 Å². The number of hydrogen-bond donors (Lipinski definition) is 2. The molecule has 1 saturated heterocycles. The molecule has 1 unspecified atom stereocenters. The number of ether oxygens (including phenoxy) is 2. The fourth-order valence-corrected chi connectivity index (χ4v) is 5.50. The fraction of sp³-hybridized carbons (Fsp3) is 0.500. The predicted octanol–water partition coefficient (Wildman–Crippen LogP) is 2.02. The first kappa shape index (κ1) is 27.6. The minimum atomic E-state index is -4.60. The van der Waals surface area contributed by atoms with Gasteiger partial charge in [-0.2, -0.15) is 9.78 Å². The van der Waals surface area contributed by atoms with Crippen molar-refractivity contribution < 1.29 is 40.1 Å². The minimum absolute atomic E-state index is 0.0197. The summed E-state index contributed by atoms with van der Waals surface area (Å²) in [5.41, 5.74) is -2.03. The number of halogens is 2. The summed E-state index contributed by atoms with van der Waals surface area (Å²) in [6, 6.07) is 7.60. The van der Waals surface area contributed by atoms with Gasteiger partial charge in [-0.1, -0.05) is 48.6 Å². The van der Waals surface area contributed by atoms with Crippen LogP contribution in [-0.4, -0.2) is 68.4 Å². The number of alkyl halides is 2. The molecular formula is C24H28ClFN3O9P. The van der Waals surface area contributed by atoms with Crippen molar-refractivity contribution in [2.75, 3.05) is 19.4 Å². The van der Waals surface area contributed by atoms with Gasteiger partial charge < -0.3 is 19.1 Å². The lowest BCUT2D eigenvalue weighted by Gasteiger charge is -2.25. The summed E-state index contributed by atoms with van der Waals surface area (Å²) in [4.78, 5) is 35.9. The van der Waals surface area contributed by atoms with E-state index in [1.807, 2.05) is 10.9 Å². The maximum absolute atomic E-state index is 14.0. The second kappa shape index (κ2) is 12.9. The zero-order valence-electron chi connectivity index (χ0n) is 23.1. The second-order valence-electron chi connectivity index (χ2n) is 8.73. The maximum atomic E-state index is 14.0. The van der Waals surface area contributed by atoms with Crippen LogP contribution in [0, 0.1) is 17.8 Å². The predicted molar refractivity (Wildman–Crippen MR) is 137 cm³/mol. The summed E-state index contributed by atoms with van der Waals surface area (Å²) in [6.45, 7) is 0.194. The Morgan fingerprint density at radius 3 is 2.69 bits per heavy atom. The van der Waals surface area contributed by atoms with Crippen molar-refractivity contribution in [3.8, 4) is 17.6 Å². The van der Waals surface area contributed by atoms with Crippen LogP contribution in [0.3, 0.4) is 0 Å². The van der Waals surface area contributed by atoms with Gasteiger partial charge in [0, 0.05) is 0 Å². The highest BCUT2D eigenvalue weighted by Gasteiger charge is 2.57. The summed E-state index contributed by atoms with van der Waals surface area (Å²) in [7, 11) is -4.60. The third-order valence-corrected chi connectivity index (χ3v) is 7.58. The molecule has 0 bridgehead atoms. The average Bonchev–Trinajstić information content (AvgIpc) is 3.13.